The summed E-state index contributed by atoms with van der Waals surface area (Å²) in [5.41, 5.74) is 4.55. The molecule has 1 rings (SSSR count). The minimum Gasteiger partial charge on any atom is -0.481 e. The average molecular weight is 186 g/mol. The highest BCUT2D eigenvalue weighted by Gasteiger charge is 2.21. The molecule has 0 aliphatic heterocycles. The number of nitrogens with zero attached hydrogens (tertiary/aromatic N) is 1. The molecule has 0 spiro atoms. The Morgan fingerprint density at radius 3 is 2.54 bits per heavy atom. The first kappa shape index (κ1) is 9.04. The van der Waals surface area contributed by atoms with Crippen LogP contribution in [0.5, 0.6) is 0 Å². The number of hydrogen-bond donors (Lipinski definition) is 3. The van der Waals surface area contributed by atoms with Crippen LogP contribution in [0.25, 0.3) is 0 Å². The van der Waals surface area contributed by atoms with E-state index < -0.39 is 18.4 Å². The van der Waals surface area contributed by atoms with Crippen LogP contribution in [0.3, 0.4) is 0 Å². The zero-order chi connectivity index (χ0) is 10.0. The van der Waals surface area contributed by atoms with Gasteiger partial charge < -0.3 is 20.5 Å². The third-order valence-electron chi connectivity index (χ3n) is 1.32. The van der Waals surface area contributed by atoms with Crippen molar-refractivity contribution in [1.29, 1.82) is 0 Å². The molecule has 7 heteroatoms. The standard InChI is InChI=1S/C6H6N2O5/c7-5-4(6(11)12)2(8-13-5)1-3(9)10/h1,7H2,(H,9,10)(H,11,12). The molecule has 0 atom stereocenters. The van der Waals surface area contributed by atoms with E-state index in [1.807, 2.05) is 0 Å². The molecule has 0 aliphatic carbocycles. The maximum atomic E-state index is 10.5. The molecule has 0 saturated heterocycles. The van der Waals surface area contributed by atoms with Crippen molar-refractivity contribution in [2.75, 3.05) is 5.73 Å². The molecule has 0 fully saturated rings. The third kappa shape index (κ3) is 1.75. The third-order valence-corrected chi connectivity index (χ3v) is 1.32. The number of aromatic carboxylic acids is 1. The van der Waals surface area contributed by atoms with E-state index in [4.69, 9.17) is 15.9 Å². The number of hydrogen-bond acceptors (Lipinski definition) is 5. The van der Waals surface area contributed by atoms with Gasteiger partial charge >= 0.3 is 11.9 Å². The van der Waals surface area contributed by atoms with Gasteiger partial charge in [0.05, 0.1) is 6.42 Å². The van der Waals surface area contributed by atoms with Gasteiger partial charge in [-0.25, -0.2) is 4.79 Å². The molecule has 13 heavy (non-hydrogen) atoms. The van der Waals surface area contributed by atoms with Gasteiger partial charge in [0.25, 0.3) is 0 Å². The first-order valence-electron chi connectivity index (χ1n) is 3.21. The summed E-state index contributed by atoms with van der Waals surface area (Å²) < 4.78 is 4.34. The lowest BCUT2D eigenvalue weighted by atomic mass is 10.2. The molecule has 1 aromatic rings. The van der Waals surface area contributed by atoms with Crippen LogP contribution in [-0.2, 0) is 11.2 Å². The predicted octanol–water partition coefficient (Wildman–Crippen LogP) is -0.418. The largest absolute Gasteiger partial charge is 0.481 e. The lowest BCUT2D eigenvalue weighted by Gasteiger charge is -1.91. The Bertz CT molecular complexity index is 356. The average Bonchev–Trinajstić information content (AvgIpc) is 2.30. The van der Waals surface area contributed by atoms with Gasteiger partial charge in [0, 0.05) is 0 Å². The Morgan fingerprint density at radius 2 is 2.08 bits per heavy atom. The van der Waals surface area contributed by atoms with Crippen molar-refractivity contribution < 1.29 is 24.3 Å². The molecule has 1 heterocycles. The maximum absolute atomic E-state index is 10.5. The van der Waals surface area contributed by atoms with Crippen molar-refractivity contribution in [2.45, 2.75) is 6.42 Å². The normalized spacial score (nSPS) is 9.85. The van der Waals surface area contributed by atoms with E-state index >= 15 is 0 Å². The Kier molecular flexibility index (Phi) is 2.18. The fourth-order valence-corrected chi connectivity index (χ4v) is 0.831. The molecule has 0 radical (unpaired) electrons. The van der Waals surface area contributed by atoms with Crippen LogP contribution < -0.4 is 5.73 Å². The fourth-order valence-electron chi connectivity index (χ4n) is 0.831. The van der Waals surface area contributed by atoms with E-state index in [0.29, 0.717) is 0 Å². The Hall–Kier alpha value is -2.05. The van der Waals surface area contributed by atoms with E-state index in [0.717, 1.165) is 0 Å². The number of carbonyl (C=O) groups is 2. The smallest absolute Gasteiger partial charge is 0.343 e. The highest BCUT2D eigenvalue weighted by molar-refractivity contribution is 5.94. The van der Waals surface area contributed by atoms with Crippen LogP contribution >= 0.6 is 0 Å². The van der Waals surface area contributed by atoms with Crippen molar-refractivity contribution in [1.82, 2.24) is 5.16 Å². The predicted molar refractivity (Wildman–Crippen MR) is 39.2 cm³/mol. The summed E-state index contributed by atoms with van der Waals surface area (Å²) >= 11 is 0. The summed E-state index contributed by atoms with van der Waals surface area (Å²) in [5, 5.41) is 20.2. The van der Waals surface area contributed by atoms with Crippen LogP contribution in [0.2, 0.25) is 0 Å². The van der Waals surface area contributed by atoms with Crippen molar-refractivity contribution in [2.24, 2.45) is 0 Å². The van der Waals surface area contributed by atoms with Gasteiger partial charge in [-0.05, 0) is 0 Å². The second kappa shape index (κ2) is 3.13. The van der Waals surface area contributed by atoms with Gasteiger partial charge in [0.2, 0.25) is 5.88 Å². The number of nitrogen functional groups attached to an aromatic ring is 1. The number of aromatic nitrogens is 1. The highest BCUT2D eigenvalue weighted by Crippen LogP contribution is 2.16. The van der Waals surface area contributed by atoms with E-state index in [-0.39, 0.29) is 17.1 Å². The quantitative estimate of drug-likeness (QED) is 0.585. The minimum atomic E-state index is -1.35. The number of nitrogens with two attached hydrogens (primary N) is 1. The summed E-state index contributed by atoms with van der Waals surface area (Å²) in [6, 6.07) is 0. The van der Waals surface area contributed by atoms with Crippen LogP contribution in [0.1, 0.15) is 16.1 Å². The maximum Gasteiger partial charge on any atom is 0.343 e. The van der Waals surface area contributed by atoms with Crippen LogP contribution in [-0.4, -0.2) is 27.3 Å². The molecule has 7 nitrogen and oxygen atoms in total. The number of aliphatic carboxylic acids is 1. The lowest BCUT2D eigenvalue weighted by Crippen LogP contribution is -2.07. The Morgan fingerprint density at radius 1 is 1.46 bits per heavy atom. The number of carboxylic acid groups (broad SMARTS) is 2. The zero-order valence-corrected chi connectivity index (χ0v) is 6.35. The van der Waals surface area contributed by atoms with Gasteiger partial charge in [-0.3, -0.25) is 4.79 Å². The molecule has 1 aromatic heterocycles. The van der Waals surface area contributed by atoms with E-state index in [9.17, 15) is 9.59 Å². The molecule has 0 saturated carbocycles. The second-order valence-electron chi connectivity index (χ2n) is 2.24. The van der Waals surface area contributed by atoms with E-state index in [1.165, 1.54) is 0 Å². The molecule has 0 bridgehead atoms. The number of rotatable bonds is 3. The summed E-state index contributed by atoms with van der Waals surface area (Å²) in [6.45, 7) is 0. The van der Waals surface area contributed by atoms with Crippen molar-refractivity contribution in [3.05, 3.63) is 11.3 Å². The molecular weight excluding hydrogens is 180 g/mol. The molecule has 70 valence electrons. The van der Waals surface area contributed by atoms with Gasteiger partial charge in [0.1, 0.15) is 11.3 Å². The SMILES string of the molecule is Nc1onc(CC(=O)O)c1C(=O)O. The monoisotopic (exact) mass is 186 g/mol. The first-order chi connectivity index (χ1) is 6.02. The van der Waals surface area contributed by atoms with Gasteiger partial charge in [-0.1, -0.05) is 5.16 Å². The van der Waals surface area contributed by atoms with Crippen LogP contribution in [0.4, 0.5) is 5.88 Å². The summed E-state index contributed by atoms with van der Waals surface area (Å²) in [4.78, 5) is 20.7. The molecule has 0 aromatic carbocycles. The molecular formula is C6H6N2O5. The van der Waals surface area contributed by atoms with Crippen molar-refractivity contribution in [3.8, 4) is 0 Å². The summed E-state index contributed by atoms with van der Waals surface area (Å²) in [7, 11) is 0. The summed E-state index contributed by atoms with van der Waals surface area (Å²) in [5.74, 6) is -2.94. The molecule has 0 amide bonds. The van der Waals surface area contributed by atoms with Gasteiger partial charge in [-0.15, -0.1) is 0 Å². The topological polar surface area (TPSA) is 127 Å². The first-order valence-corrected chi connectivity index (χ1v) is 3.21. The minimum absolute atomic E-state index is 0.183. The zero-order valence-electron chi connectivity index (χ0n) is 6.35. The van der Waals surface area contributed by atoms with E-state index in [2.05, 4.69) is 9.68 Å². The highest BCUT2D eigenvalue weighted by atomic mass is 16.5. The summed E-state index contributed by atoms with van der Waals surface area (Å²) in [6.07, 6.45) is -0.525. The fraction of sp³-hybridized carbons (Fsp3) is 0.167. The Balaban J connectivity index is 3.07. The second-order valence-corrected chi connectivity index (χ2v) is 2.24. The van der Waals surface area contributed by atoms with Gasteiger partial charge in [-0.2, -0.15) is 0 Å². The van der Waals surface area contributed by atoms with Crippen molar-refractivity contribution in [3.63, 3.8) is 0 Å². The molecule has 4 N–H and O–H groups in total. The van der Waals surface area contributed by atoms with Crippen LogP contribution in [0.15, 0.2) is 4.52 Å². The molecule has 0 aliphatic rings. The number of carboxylic acids is 2. The number of anilines is 1. The molecule has 0 unspecified atom stereocenters. The van der Waals surface area contributed by atoms with E-state index in [1.54, 1.807) is 0 Å². The van der Waals surface area contributed by atoms with Gasteiger partial charge in [0.15, 0.2) is 0 Å². The lowest BCUT2D eigenvalue weighted by molar-refractivity contribution is -0.136. The van der Waals surface area contributed by atoms with Crippen LogP contribution in [0, 0.1) is 0 Å². The Labute approximate surface area is 71.7 Å². The van der Waals surface area contributed by atoms with Crippen molar-refractivity contribution >= 4 is 17.8 Å².